The van der Waals surface area contributed by atoms with Gasteiger partial charge in [-0.25, -0.2) is 0 Å². The first-order valence-corrected chi connectivity index (χ1v) is 4.29. The molecule has 0 heterocycles. The molecule has 0 bridgehead atoms. The summed E-state index contributed by atoms with van der Waals surface area (Å²) in [6.45, 7) is 9.33. The molecule has 0 fully saturated rings. The molecular formula is C12H14O2. The largest absolute Gasteiger partial charge is 0.504 e. The fourth-order valence-electron chi connectivity index (χ4n) is 1.26. The molecule has 0 saturated heterocycles. The summed E-state index contributed by atoms with van der Waals surface area (Å²) in [7, 11) is 1.52. The molecule has 14 heavy (non-hydrogen) atoms. The third kappa shape index (κ3) is 1.79. The molecule has 0 amide bonds. The molecule has 1 aromatic carbocycles. The molecule has 0 saturated carbocycles. The number of phenols is 1. The molecule has 1 N–H and O–H groups in total. The molecule has 0 spiro atoms. The Labute approximate surface area is 84.1 Å². The Kier molecular flexibility index (Phi) is 2.97. The van der Waals surface area contributed by atoms with Crippen molar-refractivity contribution in [1.82, 2.24) is 0 Å². The number of aromatic hydroxyl groups is 1. The highest BCUT2D eigenvalue weighted by Gasteiger charge is 2.09. The fourth-order valence-corrected chi connectivity index (χ4v) is 1.26. The van der Waals surface area contributed by atoms with E-state index >= 15 is 0 Å². The minimum atomic E-state index is 0.114. The van der Waals surface area contributed by atoms with Crippen LogP contribution in [0.25, 0.3) is 5.57 Å². The Morgan fingerprint density at radius 1 is 1.50 bits per heavy atom. The second-order valence-corrected chi connectivity index (χ2v) is 3.09. The summed E-state index contributed by atoms with van der Waals surface area (Å²) in [6.07, 6.45) is 1.61. The van der Waals surface area contributed by atoms with Crippen LogP contribution in [0.1, 0.15) is 11.1 Å². The topological polar surface area (TPSA) is 29.5 Å². The quantitative estimate of drug-likeness (QED) is 0.742. The van der Waals surface area contributed by atoms with Crippen LogP contribution in [0.2, 0.25) is 0 Å². The molecule has 74 valence electrons. The van der Waals surface area contributed by atoms with Gasteiger partial charge in [0.25, 0.3) is 0 Å². The lowest BCUT2D eigenvalue weighted by atomic mass is 10.0. The summed E-state index contributed by atoms with van der Waals surface area (Å²) in [5.41, 5.74) is 2.36. The van der Waals surface area contributed by atoms with E-state index in [9.17, 15) is 5.11 Å². The molecule has 0 unspecified atom stereocenters. The van der Waals surface area contributed by atoms with E-state index in [4.69, 9.17) is 4.74 Å². The maximum Gasteiger partial charge on any atom is 0.165 e. The van der Waals surface area contributed by atoms with Crippen LogP contribution in [-0.4, -0.2) is 12.2 Å². The smallest absolute Gasteiger partial charge is 0.165 e. The molecule has 0 aromatic heterocycles. The van der Waals surface area contributed by atoms with E-state index in [0.29, 0.717) is 16.9 Å². The zero-order valence-corrected chi connectivity index (χ0v) is 8.50. The highest BCUT2D eigenvalue weighted by Crippen LogP contribution is 2.35. The number of rotatable bonds is 3. The fraction of sp³-hybridized carbons (Fsp3) is 0.167. The van der Waals surface area contributed by atoms with E-state index in [1.807, 2.05) is 13.0 Å². The van der Waals surface area contributed by atoms with Crippen molar-refractivity contribution in [3.8, 4) is 11.5 Å². The summed E-state index contributed by atoms with van der Waals surface area (Å²) in [6, 6.07) is 3.62. The zero-order valence-electron chi connectivity index (χ0n) is 8.50. The van der Waals surface area contributed by atoms with E-state index in [2.05, 4.69) is 13.2 Å². The van der Waals surface area contributed by atoms with Crippen LogP contribution in [0, 0.1) is 6.92 Å². The van der Waals surface area contributed by atoms with E-state index in [0.717, 1.165) is 5.56 Å². The summed E-state index contributed by atoms with van der Waals surface area (Å²) in [4.78, 5) is 0. The van der Waals surface area contributed by atoms with Crippen LogP contribution < -0.4 is 4.74 Å². The van der Waals surface area contributed by atoms with Crippen LogP contribution in [0.3, 0.4) is 0 Å². The average molecular weight is 190 g/mol. The second-order valence-electron chi connectivity index (χ2n) is 3.09. The first kappa shape index (κ1) is 10.4. The third-order valence-corrected chi connectivity index (χ3v) is 2.03. The van der Waals surface area contributed by atoms with E-state index in [1.54, 1.807) is 12.1 Å². The van der Waals surface area contributed by atoms with Gasteiger partial charge in [-0.05, 0) is 30.2 Å². The second kappa shape index (κ2) is 4.01. The van der Waals surface area contributed by atoms with Crippen LogP contribution in [-0.2, 0) is 0 Å². The van der Waals surface area contributed by atoms with Crippen LogP contribution in [0.15, 0.2) is 31.4 Å². The van der Waals surface area contributed by atoms with Crippen molar-refractivity contribution in [1.29, 1.82) is 0 Å². The maximum absolute atomic E-state index is 9.78. The van der Waals surface area contributed by atoms with Crippen molar-refractivity contribution in [2.75, 3.05) is 7.11 Å². The molecule has 2 heteroatoms. The highest BCUT2D eigenvalue weighted by atomic mass is 16.5. The number of benzene rings is 1. The Balaban J connectivity index is 3.35. The standard InChI is InChI=1S/C12H14O2/c1-5-9(3)10-6-8(2)7-11(14-4)12(10)13/h5-7,13H,1,3H2,2,4H3. The number of phenolic OH excluding ortho intramolecular Hbond substituents is 1. The molecular weight excluding hydrogens is 176 g/mol. The molecule has 0 atom stereocenters. The highest BCUT2D eigenvalue weighted by molar-refractivity contribution is 5.77. The Bertz CT molecular complexity index is 378. The lowest BCUT2D eigenvalue weighted by molar-refractivity contribution is 0.372. The number of allylic oxidation sites excluding steroid dienone is 2. The normalized spacial score (nSPS) is 9.57. The van der Waals surface area contributed by atoms with Gasteiger partial charge in [0.15, 0.2) is 11.5 Å². The van der Waals surface area contributed by atoms with Crippen LogP contribution in [0.4, 0.5) is 0 Å². The minimum absolute atomic E-state index is 0.114. The summed E-state index contributed by atoms with van der Waals surface area (Å²) < 4.78 is 5.04. The SMILES string of the molecule is C=CC(=C)c1cc(C)cc(OC)c1O. The number of ether oxygens (including phenoxy) is 1. The Morgan fingerprint density at radius 2 is 2.14 bits per heavy atom. The lowest BCUT2D eigenvalue weighted by Crippen LogP contribution is -1.89. The monoisotopic (exact) mass is 190 g/mol. The summed E-state index contributed by atoms with van der Waals surface area (Å²) in [5, 5.41) is 9.78. The predicted octanol–water partition coefficient (Wildman–Crippen LogP) is 2.91. The number of methoxy groups -OCH3 is 1. The lowest BCUT2D eigenvalue weighted by Gasteiger charge is -2.10. The Hall–Kier alpha value is -1.70. The van der Waals surface area contributed by atoms with Gasteiger partial charge in [-0.2, -0.15) is 0 Å². The molecule has 2 nitrogen and oxygen atoms in total. The number of hydrogen-bond acceptors (Lipinski definition) is 2. The van der Waals surface area contributed by atoms with E-state index in [-0.39, 0.29) is 5.75 Å². The third-order valence-electron chi connectivity index (χ3n) is 2.03. The van der Waals surface area contributed by atoms with Gasteiger partial charge in [0.05, 0.1) is 7.11 Å². The van der Waals surface area contributed by atoms with Gasteiger partial charge in [0.1, 0.15) is 0 Å². The van der Waals surface area contributed by atoms with Crippen molar-refractivity contribution < 1.29 is 9.84 Å². The van der Waals surface area contributed by atoms with Gasteiger partial charge in [0.2, 0.25) is 0 Å². The van der Waals surface area contributed by atoms with Crippen molar-refractivity contribution >= 4 is 5.57 Å². The van der Waals surface area contributed by atoms with E-state index in [1.165, 1.54) is 7.11 Å². The van der Waals surface area contributed by atoms with Gasteiger partial charge in [-0.15, -0.1) is 0 Å². The molecule has 1 aromatic rings. The predicted molar refractivity (Wildman–Crippen MR) is 58.6 cm³/mol. The van der Waals surface area contributed by atoms with Crippen molar-refractivity contribution in [2.24, 2.45) is 0 Å². The van der Waals surface area contributed by atoms with Crippen molar-refractivity contribution in [2.45, 2.75) is 6.92 Å². The van der Waals surface area contributed by atoms with Crippen molar-refractivity contribution in [3.63, 3.8) is 0 Å². The zero-order chi connectivity index (χ0) is 10.7. The van der Waals surface area contributed by atoms with Gasteiger partial charge in [0, 0.05) is 5.56 Å². The Morgan fingerprint density at radius 3 is 2.64 bits per heavy atom. The van der Waals surface area contributed by atoms with Gasteiger partial charge in [-0.1, -0.05) is 19.2 Å². The van der Waals surface area contributed by atoms with Gasteiger partial charge in [-0.3, -0.25) is 0 Å². The van der Waals surface area contributed by atoms with Crippen LogP contribution in [0.5, 0.6) is 11.5 Å². The average Bonchev–Trinajstić information content (AvgIpc) is 2.19. The summed E-state index contributed by atoms with van der Waals surface area (Å²) in [5.74, 6) is 0.575. The molecule has 1 rings (SSSR count). The van der Waals surface area contributed by atoms with E-state index < -0.39 is 0 Å². The maximum atomic E-state index is 9.78. The van der Waals surface area contributed by atoms with Crippen LogP contribution >= 0.6 is 0 Å². The van der Waals surface area contributed by atoms with Crippen molar-refractivity contribution in [3.05, 3.63) is 42.5 Å². The molecule has 0 aliphatic rings. The number of hydrogen-bond donors (Lipinski definition) is 1. The van der Waals surface area contributed by atoms with Gasteiger partial charge < -0.3 is 9.84 Å². The number of aryl methyl sites for hydroxylation is 1. The minimum Gasteiger partial charge on any atom is -0.504 e. The molecule has 0 aliphatic heterocycles. The molecule has 0 aliphatic carbocycles. The first-order chi connectivity index (χ1) is 6.60. The first-order valence-electron chi connectivity index (χ1n) is 4.29. The van der Waals surface area contributed by atoms with Gasteiger partial charge >= 0.3 is 0 Å². The summed E-state index contributed by atoms with van der Waals surface area (Å²) >= 11 is 0. The molecule has 0 radical (unpaired) electrons.